The Labute approximate surface area is 191 Å². The number of fused-ring (bicyclic) bond motifs is 1. The Morgan fingerprint density at radius 1 is 1.19 bits per heavy atom. The third-order valence-electron chi connectivity index (χ3n) is 5.85. The zero-order valence-electron chi connectivity index (χ0n) is 18.1. The second-order valence-corrected chi connectivity index (χ2v) is 9.12. The number of nitrogens with zero attached hydrogens (tertiary/aromatic N) is 1. The molecule has 4 rings (SSSR count). The van der Waals surface area contributed by atoms with E-state index in [4.69, 9.17) is 10.6 Å². The van der Waals surface area contributed by atoms with Crippen LogP contribution in [0.2, 0.25) is 0 Å². The van der Waals surface area contributed by atoms with Crippen LogP contribution in [0.5, 0.6) is 17.2 Å². The second-order valence-electron chi connectivity index (χ2n) is 8.04. The maximum Gasteiger partial charge on any atom is 0.149 e. The molecule has 0 aliphatic heterocycles. The minimum Gasteiger partial charge on any atom is -0.508 e. The second kappa shape index (κ2) is 10.1. The van der Waals surface area contributed by atoms with Gasteiger partial charge in [-0.2, -0.15) is 0 Å². The summed E-state index contributed by atoms with van der Waals surface area (Å²) in [5.41, 5.74) is 3.52. The summed E-state index contributed by atoms with van der Waals surface area (Å²) in [6.45, 7) is 0. The molecule has 1 aliphatic rings. The summed E-state index contributed by atoms with van der Waals surface area (Å²) in [6.07, 6.45) is 6.88. The van der Waals surface area contributed by atoms with Crippen LogP contribution < -0.4 is 16.0 Å². The van der Waals surface area contributed by atoms with Crippen molar-refractivity contribution in [2.75, 3.05) is 7.05 Å². The largest absolute Gasteiger partial charge is 0.508 e. The van der Waals surface area contributed by atoms with Crippen LogP contribution in [0, 0.1) is 0 Å². The number of benzene rings is 2. The van der Waals surface area contributed by atoms with Gasteiger partial charge in [-0.15, -0.1) is 11.3 Å². The Balaban J connectivity index is 1.63. The number of thiophene rings is 1. The minimum absolute atomic E-state index is 0.236. The van der Waals surface area contributed by atoms with Crippen molar-refractivity contribution in [2.24, 2.45) is 10.8 Å². The molecule has 1 saturated carbocycles. The van der Waals surface area contributed by atoms with Crippen LogP contribution in [0.1, 0.15) is 48.5 Å². The van der Waals surface area contributed by atoms with Gasteiger partial charge in [-0.25, -0.2) is 10.2 Å². The molecule has 32 heavy (non-hydrogen) atoms. The number of hydrogen-bond donors (Lipinski definition) is 3. The molecule has 1 aliphatic carbocycles. The van der Waals surface area contributed by atoms with Crippen LogP contribution in [0.3, 0.4) is 0 Å². The van der Waals surface area contributed by atoms with E-state index < -0.39 is 6.17 Å². The number of rotatable bonds is 5. The van der Waals surface area contributed by atoms with Gasteiger partial charge in [0.1, 0.15) is 29.3 Å². The highest BCUT2D eigenvalue weighted by atomic mass is 32.1. The zero-order valence-corrected chi connectivity index (χ0v) is 18.9. The maximum atomic E-state index is 13.9. The number of aliphatic imine (C=N–C) groups is 1. The lowest BCUT2D eigenvalue weighted by molar-refractivity contribution is 0.299. The highest BCUT2D eigenvalue weighted by Crippen LogP contribution is 2.48. The molecule has 0 radical (unpaired) electrons. The Morgan fingerprint density at radius 3 is 2.75 bits per heavy atom. The number of phenols is 1. The van der Waals surface area contributed by atoms with Gasteiger partial charge in [0.15, 0.2) is 0 Å². The van der Waals surface area contributed by atoms with Crippen molar-refractivity contribution >= 4 is 33.3 Å². The lowest BCUT2D eigenvalue weighted by atomic mass is 9.97. The molecule has 3 aromatic rings. The fourth-order valence-corrected chi connectivity index (χ4v) is 5.43. The molecule has 2 aromatic carbocycles. The monoisotopic (exact) mass is 453 g/mol. The first-order chi connectivity index (χ1) is 15.6. The van der Waals surface area contributed by atoms with Crippen molar-refractivity contribution < 1.29 is 14.2 Å². The lowest BCUT2D eigenvalue weighted by Crippen LogP contribution is -2.28. The van der Waals surface area contributed by atoms with Gasteiger partial charge in [0, 0.05) is 17.1 Å². The van der Waals surface area contributed by atoms with E-state index in [1.807, 2.05) is 36.4 Å². The molecular formula is C25H28FN3O2S. The summed E-state index contributed by atoms with van der Waals surface area (Å²) < 4.78 is 21.3. The van der Waals surface area contributed by atoms with Crippen LogP contribution in [-0.4, -0.2) is 24.2 Å². The van der Waals surface area contributed by atoms with Crippen LogP contribution in [-0.2, 0) is 0 Å². The number of amidine groups is 1. The van der Waals surface area contributed by atoms with Gasteiger partial charge in [0.25, 0.3) is 0 Å². The van der Waals surface area contributed by atoms with Crippen molar-refractivity contribution in [3.05, 3.63) is 59.0 Å². The number of nitrogens with one attached hydrogen (secondary N) is 1. The predicted octanol–water partition coefficient (Wildman–Crippen LogP) is 6.29. The molecule has 2 atom stereocenters. The van der Waals surface area contributed by atoms with Gasteiger partial charge in [0.2, 0.25) is 0 Å². The van der Waals surface area contributed by atoms with E-state index in [0.29, 0.717) is 18.7 Å². The van der Waals surface area contributed by atoms with Gasteiger partial charge in [0.05, 0.1) is 4.88 Å². The Kier molecular flexibility index (Phi) is 7.07. The SMILES string of the molecule is CN=C(/C=C/c1ccc(Oc2c(C3CCCC(F)CC3)sc3cc(O)ccc23)cc1)NN. The third kappa shape index (κ3) is 5.11. The molecule has 1 aromatic heterocycles. The van der Waals surface area contributed by atoms with Crippen LogP contribution >= 0.6 is 11.3 Å². The topological polar surface area (TPSA) is 79.9 Å². The molecule has 168 valence electrons. The summed E-state index contributed by atoms with van der Waals surface area (Å²) in [6, 6.07) is 13.1. The van der Waals surface area contributed by atoms with Gasteiger partial charge < -0.3 is 15.3 Å². The normalized spacial score (nSPS) is 19.9. The summed E-state index contributed by atoms with van der Waals surface area (Å²) in [7, 11) is 1.67. The standard InChI is InChI=1S/C25H28FN3O2S/c1-28-23(29-27)14-7-16-5-11-20(12-6-16)31-24-21-13-10-19(30)15-22(21)32-25(24)17-3-2-4-18(26)9-8-17/h5-7,10-15,17-18,30H,2-4,8-9,27H2,1H3,(H,28,29)/b14-7+. The van der Waals surface area contributed by atoms with Crippen LogP contribution in [0.4, 0.5) is 4.39 Å². The predicted molar refractivity (Wildman–Crippen MR) is 130 cm³/mol. The summed E-state index contributed by atoms with van der Waals surface area (Å²) >= 11 is 1.64. The maximum absolute atomic E-state index is 13.9. The van der Waals surface area contributed by atoms with Crippen LogP contribution in [0.25, 0.3) is 16.2 Å². The lowest BCUT2D eigenvalue weighted by Gasteiger charge is -2.15. The molecule has 2 unspecified atom stereocenters. The smallest absolute Gasteiger partial charge is 0.149 e. The molecule has 0 amide bonds. The molecule has 4 N–H and O–H groups in total. The van der Waals surface area contributed by atoms with Crippen molar-refractivity contribution in [3.8, 4) is 17.2 Å². The molecule has 1 heterocycles. The quantitative estimate of drug-likeness (QED) is 0.139. The van der Waals surface area contributed by atoms with Gasteiger partial charge in [-0.1, -0.05) is 18.2 Å². The van der Waals surface area contributed by atoms with Crippen molar-refractivity contribution in [3.63, 3.8) is 0 Å². The molecular weight excluding hydrogens is 425 g/mol. The molecule has 7 heteroatoms. The Hall–Kier alpha value is -2.90. The molecule has 0 spiro atoms. The Bertz CT molecular complexity index is 1120. The number of hydrogen-bond acceptors (Lipinski definition) is 5. The number of nitrogens with two attached hydrogens (primary N) is 1. The average molecular weight is 454 g/mol. The highest BCUT2D eigenvalue weighted by Gasteiger charge is 2.26. The number of aromatic hydroxyl groups is 1. The van der Waals surface area contributed by atoms with Gasteiger partial charge in [-0.3, -0.25) is 4.99 Å². The Morgan fingerprint density at radius 2 is 2.00 bits per heavy atom. The molecule has 5 nitrogen and oxygen atoms in total. The van der Waals surface area contributed by atoms with E-state index in [-0.39, 0.29) is 11.7 Å². The highest BCUT2D eigenvalue weighted by molar-refractivity contribution is 7.19. The average Bonchev–Trinajstić information content (AvgIpc) is 2.99. The van der Waals surface area contributed by atoms with E-state index in [0.717, 1.165) is 51.3 Å². The fourth-order valence-electron chi connectivity index (χ4n) is 4.10. The molecule has 0 bridgehead atoms. The molecule has 0 saturated heterocycles. The van der Waals surface area contributed by atoms with Crippen LogP contribution in [0.15, 0.2) is 53.5 Å². The number of ether oxygens (including phenoxy) is 1. The first-order valence-electron chi connectivity index (χ1n) is 10.9. The van der Waals surface area contributed by atoms with Crippen molar-refractivity contribution in [1.29, 1.82) is 0 Å². The summed E-state index contributed by atoms with van der Waals surface area (Å²) in [5, 5.41) is 10.9. The first kappa shape index (κ1) is 22.3. The van der Waals surface area contributed by atoms with E-state index in [2.05, 4.69) is 10.4 Å². The number of phenolic OH excluding ortho intramolecular Hbond substituents is 1. The van der Waals surface area contributed by atoms with E-state index in [1.165, 1.54) is 0 Å². The van der Waals surface area contributed by atoms with Gasteiger partial charge in [-0.05, 0) is 80.0 Å². The van der Waals surface area contributed by atoms with Crippen molar-refractivity contribution in [2.45, 2.75) is 44.2 Å². The minimum atomic E-state index is -0.712. The van der Waals surface area contributed by atoms with Crippen molar-refractivity contribution in [1.82, 2.24) is 5.43 Å². The van der Waals surface area contributed by atoms with E-state index >= 15 is 0 Å². The number of alkyl halides is 1. The number of halogens is 1. The summed E-state index contributed by atoms with van der Waals surface area (Å²) in [4.78, 5) is 5.16. The first-order valence-corrected chi connectivity index (χ1v) is 11.7. The third-order valence-corrected chi connectivity index (χ3v) is 7.14. The zero-order chi connectivity index (χ0) is 22.5. The number of hydrazine groups is 1. The molecule has 1 fully saturated rings. The summed E-state index contributed by atoms with van der Waals surface area (Å²) in [5.74, 6) is 8.05. The van der Waals surface area contributed by atoms with E-state index in [1.54, 1.807) is 36.6 Å². The van der Waals surface area contributed by atoms with Gasteiger partial charge >= 0.3 is 0 Å². The fraction of sp³-hybridized carbons (Fsp3) is 0.320. The van der Waals surface area contributed by atoms with E-state index in [9.17, 15) is 9.50 Å².